The van der Waals surface area contributed by atoms with Crippen molar-refractivity contribution in [1.82, 2.24) is 10.6 Å². The highest BCUT2D eigenvalue weighted by molar-refractivity contribution is 5.82. The first-order valence-electron chi connectivity index (χ1n) is 13.5. The number of amides is 1. The van der Waals surface area contributed by atoms with Crippen molar-refractivity contribution in [2.24, 2.45) is 17.2 Å². The maximum Gasteiger partial charge on any atom is 0.294 e. The quantitative estimate of drug-likeness (QED) is 0.0991. The molecule has 16 nitrogen and oxygen atoms in total. The summed E-state index contributed by atoms with van der Waals surface area (Å²) < 4.78 is 50.3. The van der Waals surface area contributed by atoms with Crippen molar-refractivity contribution in [2.75, 3.05) is 26.2 Å². The van der Waals surface area contributed by atoms with Crippen LogP contribution in [0.15, 0.2) is 0 Å². The molecular formula is C23H43F2N5O11. The van der Waals surface area contributed by atoms with Gasteiger partial charge < -0.3 is 77.4 Å². The van der Waals surface area contributed by atoms with Gasteiger partial charge in [0.2, 0.25) is 0 Å². The Bertz CT molecular complexity index is 852. The first-order valence-corrected chi connectivity index (χ1v) is 13.5. The third kappa shape index (κ3) is 7.65. The van der Waals surface area contributed by atoms with Gasteiger partial charge in [-0.15, -0.1) is 0 Å². The fourth-order valence-corrected chi connectivity index (χ4v) is 5.25. The lowest BCUT2D eigenvalue weighted by Gasteiger charge is -2.42. The van der Waals surface area contributed by atoms with Crippen molar-refractivity contribution in [1.29, 1.82) is 0 Å². The van der Waals surface area contributed by atoms with Crippen molar-refractivity contribution in [3.8, 4) is 0 Å². The number of halogens is 2. The fraction of sp³-hybridized carbons (Fsp3) is 0.957. The number of carbonyl (C=O) groups is 1. The predicted octanol–water partition coefficient (Wildman–Crippen LogP) is -5.86. The summed E-state index contributed by atoms with van der Waals surface area (Å²) in [6.45, 7) is 0.207. The number of hydrogen-bond acceptors (Lipinski definition) is 15. The minimum atomic E-state index is -3.89. The number of rotatable bonds is 12. The Labute approximate surface area is 235 Å². The molecule has 2 saturated heterocycles. The molecule has 41 heavy (non-hydrogen) atoms. The van der Waals surface area contributed by atoms with Crippen LogP contribution < -0.4 is 27.8 Å². The number of aliphatic hydroxyl groups excluding tert-OH is 6. The van der Waals surface area contributed by atoms with E-state index < -0.39 is 105 Å². The van der Waals surface area contributed by atoms with Gasteiger partial charge in [0.05, 0.1) is 31.3 Å². The summed E-state index contributed by atoms with van der Waals surface area (Å²) in [5.74, 6) is -5.32. The molecule has 1 amide bonds. The van der Waals surface area contributed by atoms with Gasteiger partial charge in [-0.25, -0.2) is 8.78 Å². The van der Waals surface area contributed by atoms with E-state index in [9.17, 15) is 44.2 Å². The predicted molar refractivity (Wildman–Crippen MR) is 134 cm³/mol. The summed E-state index contributed by atoms with van der Waals surface area (Å²) in [6, 6.07) is -2.76. The number of alkyl halides is 2. The number of nitrogens with one attached hydrogen (secondary N) is 2. The SMILES string of the molecule is CCNC1CC(NC(=O)C(O)C(F)(F)CN)C(O)C(OC2OC(CO)C(OC3OC(CN)C(O)C(O)C3N)C2O)C1. The van der Waals surface area contributed by atoms with Crippen molar-refractivity contribution >= 4 is 5.91 Å². The standard InChI is InChI=1S/C23H43F2N5O11/c1-2-29-8-3-9(30-20(37)19(36)23(24,25)7-27)14(32)10(4-8)38-22-17(35)18(12(6-31)40-22)41-21-13(28)16(34)15(33)11(5-26)39-21/h8-19,21-22,29,31-36H,2-7,26-28H2,1H3,(H,30,37). The molecule has 2 heterocycles. The Kier molecular flexibility index (Phi) is 12.1. The zero-order valence-electron chi connectivity index (χ0n) is 22.5. The molecule has 0 radical (unpaired) electrons. The lowest BCUT2D eigenvalue weighted by molar-refractivity contribution is -0.280. The molecule has 14 unspecified atom stereocenters. The van der Waals surface area contributed by atoms with Crippen molar-refractivity contribution in [3.05, 3.63) is 0 Å². The van der Waals surface area contributed by atoms with E-state index in [2.05, 4.69) is 10.6 Å². The molecule has 0 aromatic carbocycles. The van der Waals surface area contributed by atoms with E-state index in [1.54, 1.807) is 6.92 Å². The van der Waals surface area contributed by atoms with Gasteiger partial charge >= 0.3 is 0 Å². The maximum absolute atomic E-state index is 13.8. The van der Waals surface area contributed by atoms with Crippen LogP contribution in [0.25, 0.3) is 0 Å². The van der Waals surface area contributed by atoms with Gasteiger partial charge in [-0.1, -0.05) is 6.92 Å². The largest absolute Gasteiger partial charge is 0.394 e. The lowest BCUT2D eigenvalue weighted by Crippen LogP contribution is -2.64. The van der Waals surface area contributed by atoms with Gasteiger partial charge in [-0.3, -0.25) is 4.79 Å². The molecule has 14 N–H and O–H groups in total. The third-order valence-corrected chi connectivity index (χ3v) is 7.64. The van der Waals surface area contributed by atoms with Gasteiger partial charge in [0.1, 0.15) is 42.7 Å². The van der Waals surface area contributed by atoms with Crippen LogP contribution in [-0.4, -0.2) is 154 Å². The summed E-state index contributed by atoms with van der Waals surface area (Å²) in [6.07, 6.45) is -15.8. The molecule has 18 heteroatoms. The number of hydrogen-bond donors (Lipinski definition) is 11. The molecule has 3 aliphatic rings. The van der Waals surface area contributed by atoms with Crippen LogP contribution in [0, 0.1) is 0 Å². The van der Waals surface area contributed by atoms with Crippen LogP contribution >= 0.6 is 0 Å². The Morgan fingerprint density at radius 2 is 1.68 bits per heavy atom. The highest BCUT2D eigenvalue weighted by Gasteiger charge is 2.52. The summed E-state index contributed by atoms with van der Waals surface area (Å²) >= 11 is 0. The first kappa shape index (κ1) is 34.3. The molecule has 2 aliphatic heterocycles. The summed E-state index contributed by atoms with van der Waals surface area (Å²) in [7, 11) is 0. The van der Waals surface area contributed by atoms with E-state index in [4.69, 9.17) is 36.1 Å². The number of aliphatic hydroxyl groups is 6. The Hall–Kier alpha value is -1.23. The van der Waals surface area contributed by atoms with Crippen LogP contribution in [-0.2, 0) is 23.7 Å². The Morgan fingerprint density at radius 1 is 1.02 bits per heavy atom. The van der Waals surface area contributed by atoms with E-state index in [0.717, 1.165) is 0 Å². The highest BCUT2D eigenvalue weighted by atomic mass is 19.3. The second-order valence-electron chi connectivity index (χ2n) is 10.5. The monoisotopic (exact) mass is 603 g/mol. The summed E-state index contributed by atoms with van der Waals surface area (Å²) in [5.41, 5.74) is 16.4. The second kappa shape index (κ2) is 14.5. The molecule has 0 bridgehead atoms. The minimum Gasteiger partial charge on any atom is -0.394 e. The number of nitrogens with two attached hydrogens (primary N) is 3. The number of carbonyl (C=O) groups excluding carboxylic acids is 1. The third-order valence-electron chi connectivity index (χ3n) is 7.64. The molecule has 0 aromatic heterocycles. The van der Waals surface area contributed by atoms with E-state index in [-0.39, 0.29) is 25.4 Å². The minimum absolute atomic E-state index is 0.105. The average Bonchev–Trinajstić information content (AvgIpc) is 3.24. The van der Waals surface area contributed by atoms with Crippen LogP contribution in [0.3, 0.4) is 0 Å². The zero-order valence-corrected chi connectivity index (χ0v) is 22.5. The molecule has 240 valence electrons. The molecule has 14 atom stereocenters. The van der Waals surface area contributed by atoms with E-state index in [0.29, 0.717) is 6.54 Å². The van der Waals surface area contributed by atoms with Crippen LogP contribution in [0.5, 0.6) is 0 Å². The van der Waals surface area contributed by atoms with E-state index in [1.807, 2.05) is 0 Å². The second-order valence-corrected chi connectivity index (χ2v) is 10.5. The van der Waals surface area contributed by atoms with Gasteiger partial charge in [-0.05, 0) is 19.4 Å². The lowest BCUT2D eigenvalue weighted by atomic mass is 9.85. The molecule has 0 spiro atoms. The highest BCUT2D eigenvalue weighted by Crippen LogP contribution is 2.32. The van der Waals surface area contributed by atoms with Crippen LogP contribution in [0.4, 0.5) is 8.78 Å². The smallest absolute Gasteiger partial charge is 0.294 e. The normalized spacial score (nSPS) is 42.7. The topological polar surface area (TPSA) is 277 Å². The molecule has 3 rings (SSSR count). The Balaban J connectivity index is 1.71. The van der Waals surface area contributed by atoms with Crippen LogP contribution in [0.1, 0.15) is 19.8 Å². The molecule has 1 saturated carbocycles. The first-order chi connectivity index (χ1) is 19.3. The van der Waals surface area contributed by atoms with Gasteiger partial charge in [0.15, 0.2) is 18.7 Å². The van der Waals surface area contributed by atoms with E-state index >= 15 is 0 Å². The van der Waals surface area contributed by atoms with Crippen molar-refractivity contribution in [3.63, 3.8) is 0 Å². The molecule has 3 fully saturated rings. The van der Waals surface area contributed by atoms with Crippen molar-refractivity contribution < 1.29 is 63.2 Å². The maximum atomic E-state index is 13.8. The van der Waals surface area contributed by atoms with Crippen LogP contribution in [0.2, 0.25) is 0 Å². The zero-order chi connectivity index (χ0) is 30.6. The summed E-state index contributed by atoms with van der Waals surface area (Å²) in [5, 5.41) is 67.2. The summed E-state index contributed by atoms with van der Waals surface area (Å²) in [4.78, 5) is 12.3. The fourth-order valence-electron chi connectivity index (χ4n) is 5.25. The Morgan fingerprint density at radius 3 is 2.27 bits per heavy atom. The average molecular weight is 604 g/mol. The van der Waals surface area contributed by atoms with Crippen molar-refractivity contribution in [2.45, 2.75) is 111 Å². The van der Waals surface area contributed by atoms with E-state index in [1.165, 1.54) is 0 Å². The molecular weight excluding hydrogens is 560 g/mol. The molecule has 0 aromatic rings. The molecule has 1 aliphatic carbocycles. The van der Waals surface area contributed by atoms with Gasteiger partial charge in [0.25, 0.3) is 11.8 Å². The van der Waals surface area contributed by atoms with Gasteiger partial charge in [-0.2, -0.15) is 0 Å². The van der Waals surface area contributed by atoms with Gasteiger partial charge in [0, 0.05) is 12.6 Å². The number of ether oxygens (including phenoxy) is 4.